The molecule has 1 aromatic rings. The van der Waals surface area contributed by atoms with Crippen molar-refractivity contribution in [2.45, 2.75) is 49.9 Å². The zero-order valence-corrected chi connectivity index (χ0v) is 10.9. The van der Waals surface area contributed by atoms with Gasteiger partial charge in [0.25, 0.3) is 0 Å². The van der Waals surface area contributed by atoms with Gasteiger partial charge >= 0.3 is 0 Å². The molecule has 0 spiro atoms. The van der Waals surface area contributed by atoms with E-state index in [2.05, 4.69) is 5.32 Å². The van der Waals surface area contributed by atoms with E-state index in [1.54, 1.807) is 12.1 Å². The molecular weight excluding hydrogens is 245 g/mol. The molecule has 3 nitrogen and oxygen atoms in total. The highest BCUT2D eigenvalue weighted by Gasteiger charge is 2.48. The van der Waals surface area contributed by atoms with Crippen LogP contribution in [0.25, 0.3) is 0 Å². The molecule has 3 atom stereocenters. The van der Waals surface area contributed by atoms with Crippen LogP contribution in [0, 0.1) is 5.82 Å². The number of hydrogen-bond acceptors (Lipinski definition) is 3. The standard InChI is InChI=1S/C15H20FNO2/c16-11-5-7-12(8-6-11)17-13-3-1-4-14-15(13,18)9-2-10-19-14/h5-8,13-14,17-18H,1-4,9-10H2/t13-,14-,15+/m0/s1. The average molecular weight is 265 g/mol. The molecule has 19 heavy (non-hydrogen) atoms. The Kier molecular flexibility index (Phi) is 3.46. The van der Waals surface area contributed by atoms with E-state index < -0.39 is 5.60 Å². The summed E-state index contributed by atoms with van der Waals surface area (Å²) in [6.45, 7) is 0.746. The second-order valence-corrected chi connectivity index (χ2v) is 5.59. The van der Waals surface area contributed by atoms with Gasteiger partial charge in [-0.25, -0.2) is 4.39 Å². The minimum Gasteiger partial charge on any atom is -0.385 e. The van der Waals surface area contributed by atoms with Crippen molar-refractivity contribution in [1.82, 2.24) is 0 Å². The van der Waals surface area contributed by atoms with Gasteiger partial charge in [-0.15, -0.1) is 0 Å². The van der Waals surface area contributed by atoms with Gasteiger partial charge in [-0.1, -0.05) is 0 Å². The summed E-state index contributed by atoms with van der Waals surface area (Å²) >= 11 is 0. The van der Waals surface area contributed by atoms with Gasteiger partial charge in [0.1, 0.15) is 11.4 Å². The van der Waals surface area contributed by atoms with Gasteiger partial charge in [0.15, 0.2) is 0 Å². The quantitative estimate of drug-likeness (QED) is 0.864. The lowest BCUT2D eigenvalue weighted by Crippen LogP contribution is -2.60. The molecule has 2 N–H and O–H groups in total. The Balaban J connectivity index is 1.77. The van der Waals surface area contributed by atoms with Crippen molar-refractivity contribution in [2.75, 3.05) is 11.9 Å². The summed E-state index contributed by atoms with van der Waals surface area (Å²) in [5.41, 5.74) is 0.0660. The molecule has 1 aromatic carbocycles. The molecule has 0 bridgehead atoms. The molecule has 2 aliphatic rings. The Bertz CT molecular complexity index is 434. The third-order valence-corrected chi connectivity index (χ3v) is 4.35. The third-order valence-electron chi connectivity index (χ3n) is 4.35. The summed E-state index contributed by atoms with van der Waals surface area (Å²) in [6, 6.07) is 6.28. The van der Waals surface area contributed by atoms with Crippen LogP contribution in [0.15, 0.2) is 24.3 Å². The Morgan fingerprint density at radius 3 is 2.79 bits per heavy atom. The van der Waals surface area contributed by atoms with Gasteiger partial charge in [0.05, 0.1) is 12.1 Å². The Hall–Kier alpha value is -1.13. The van der Waals surface area contributed by atoms with E-state index in [-0.39, 0.29) is 18.0 Å². The van der Waals surface area contributed by atoms with Crippen molar-refractivity contribution in [3.8, 4) is 0 Å². The topological polar surface area (TPSA) is 41.5 Å². The second kappa shape index (κ2) is 5.10. The molecule has 0 aromatic heterocycles. The summed E-state index contributed by atoms with van der Waals surface area (Å²) in [4.78, 5) is 0. The summed E-state index contributed by atoms with van der Waals surface area (Å²) in [7, 11) is 0. The molecule has 104 valence electrons. The molecule has 1 heterocycles. The van der Waals surface area contributed by atoms with Crippen LogP contribution in [0.1, 0.15) is 32.1 Å². The number of benzene rings is 1. The third kappa shape index (κ3) is 2.47. The second-order valence-electron chi connectivity index (χ2n) is 5.59. The molecular formula is C15H20FNO2. The van der Waals surface area contributed by atoms with Crippen molar-refractivity contribution < 1.29 is 14.2 Å². The van der Waals surface area contributed by atoms with E-state index in [9.17, 15) is 9.50 Å². The van der Waals surface area contributed by atoms with E-state index in [1.807, 2.05) is 0 Å². The lowest BCUT2D eigenvalue weighted by atomic mass is 9.74. The fourth-order valence-corrected chi connectivity index (χ4v) is 3.32. The predicted molar refractivity (Wildman–Crippen MR) is 71.6 cm³/mol. The van der Waals surface area contributed by atoms with Gasteiger partial charge in [0.2, 0.25) is 0 Å². The van der Waals surface area contributed by atoms with Gasteiger partial charge in [0, 0.05) is 12.3 Å². The Morgan fingerprint density at radius 2 is 2.00 bits per heavy atom. The summed E-state index contributed by atoms with van der Waals surface area (Å²) < 4.78 is 18.6. The maximum Gasteiger partial charge on any atom is 0.123 e. The monoisotopic (exact) mass is 265 g/mol. The summed E-state index contributed by atoms with van der Waals surface area (Å²) in [6.07, 6.45) is 4.51. The van der Waals surface area contributed by atoms with Crippen LogP contribution in [0.2, 0.25) is 0 Å². The van der Waals surface area contributed by atoms with Gasteiger partial charge in [-0.3, -0.25) is 0 Å². The van der Waals surface area contributed by atoms with Crippen molar-refractivity contribution in [3.05, 3.63) is 30.1 Å². The first-order chi connectivity index (χ1) is 9.18. The summed E-state index contributed by atoms with van der Waals surface area (Å²) in [5, 5.41) is 14.3. The van der Waals surface area contributed by atoms with Gasteiger partial charge in [-0.2, -0.15) is 0 Å². The largest absolute Gasteiger partial charge is 0.385 e. The Labute approximate surface area is 112 Å². The number of fused-ring (bicyclic) bond motifs is 1. The maximum atomic E-state index is 12.9. The van der Waals surface area contributed by atoms with Crippen LogP contribution in [-0.2, 0) is 4.74 Å². The van der Waals surface area contributed by atoms with Crippen LogP contribution in [0.3, 0.4) is 0 Å². The first kappa shape index (κ1) is 12.9. The highest BCUT2D eigenvalue weighted by Crippen LogP contribution is 2.39. The predicted octanol–water partition coefficient (Wildman–Crippen LogP) is 2.70. The van der Waals surface area contributed by atoms with Crippen molar-refractivity contribution in [1.29, 1.82) is 0 Å². The Morgan fingerprint density at radius 1 is 1.21 bits per heavy atom. The average Bonchev–Trinajstić information content (AvgIpc) is 2.42. The van der Waals surface area contributed by atoms with Crippen molar-refractivity contribution >= 4 is 5.69 Å². The zero-order chi connectivity index (χ0) is 13.3. The first-order valence-electron chi connectivity index (χ1n) is 7.04. The van der Waals surface area contributed by atoms with E-state index in [0.717, 1.165) is 44.4 Å². The molecule has 1 aliphatic heterocycles. The normalized spacial score (nSPS) is 34.6. The van der Waals surface area contributed by atoms with Crippen molar-refractivity contribution in [2.24, 2.45) is 0 Å². The van der Waals surface area contributed by atoms with Crippen LogP contribution in [0.5, 0.6) is 0 Å². The van der Waals surface area contributed by atoms with Crippen LogP contribution < -0.4 is 5.32 Å². The number of nitrogens with one attached hydrogen (secondary N) is 1. The zero-order valence-electron chi connectivity index (χ0n) is 10.9. The SMILES string of the molecule is O[C@@]12CCCO[C@H]1CCC[C@@H]2Nc1ccc(F)cc1. The van der Waals surface area contributed by atoms with E-state index in [1.165, 1.54) is 12.1 Å². The van der Waals surface area contributed by atoms with Crippen LogP contribution in [-0.4, -0.2) is 29.5 Å². The molecule has 2 fully saturated rings. The molecule has 1 saturated heterocycles. The fourth-order valence-electron chi connectivity index (χ4n) is 3.32. The minimum absolute atomic E-state index is 0.0167. The molecule has 0 unspecified atom stereocenters. The summed E-state index contributed by atoms with van der Waals surface area (Å²) in [5.74, 6) is -0.244. The van der Waals surface area contributed by atoms with Crippen LogP contribution >= 0.6 is 0 Å². The molecule has 1 saturated carbocycles. The minimum atomic E-state index is -0.787. The number of anilines is 1. The lowest BCUT2D eigenvalue weighted by Gasteiger charge is -2.48. The number of rotatable bonds is 2. The number of halogens is 1. The van der Waals surface area contributed by atoms with E-state index in [0.29, 0.717) is 0 Å². The number of aliphatic hydroxyl groups is 1. The lowest BCUT2D eigenvalue weighted by molar-refractivity contribution is -0.168. The number of ether oxygens (including phenoxy) is 1. The van der Waals surface area contributed by atoms with Gasteiger partial charge in [-0.05, 0) is 56.4 Å². The van der Waals surface area contributed by atoms with Crippen LogP contribution in [0.4, 0.5) is 10.1 Å². The molecule has 4 heteroatoms. The highest BCUT2D eigenvalue weighted by atomic mass is 19.1. The fraction of sp³-hybridized carbons (Fsp3) is 0.600. The molecule has 0 amide bonds. The number of hydrogen-bond donors (Lipinski definition) is 2. The maximum absolute atomic E-state index is 12.9. The molecule has 0 radical (unpaired) electrons. The van der Waals surface area contributed by atoms with E-state index >= 15 is 0 Å². The van der Waals surface area contributed by atoms with Crippen molar-refractivity contribution in [3.63, 3.8) is 0 Å². The van der Waals surface area contributed by atoms with Gasteiger partial charge < -0.3 is 15.2 Å². The van der Waals surface area contributed by atoms with E-state index in [4.69, 9.17) is 4.74 Å². The molecule has 3 rings (SSSR count). The highest BCUT2D eigenvalue weighted by molar-refractivity contribution is 5.44. The molecule has 1 aliphatic carbocycles. The smallest absolute Gasteiger partial charge is 0.123 e. The first-order valence-corrected chi connectivity index (χ1v) is 7.04.